The van der Waals surface area contributed by atoms with E-state index in [1.807, 2.05) is 0 Å². The third-order valence-electron chi connectivity index (χ3n) is 3.56. The molecule has 0 saturated carbocycles. The minimum atomic E-state index is 0.722. The van der Waals surface area contributed by atoms with Crippen LogP contribution < -0.4 is 5.32 Å². The van der Waals surface area contributed by atoms with Crippen molar-refractivity contribution in [1.82, 2.24) is 5.32 Å². The lowest BCUT2D eigenvalue weighted by Crippen LogP contribution is -2.32. The van der Waals surface area contributed by atoms with Gasteiger partial charge in [0.15, 0.2) is 0 Å². The van der Waals surface area contributed by atoms with Crippen molar-refractivity contribution >= 4 is 11.8 Å². The summed E-state index contributed by atoms with van der Waals surface area (Å²) in [5.41, 5.74) is 1.33. The molecule has 1 aliphatic rings. The average Bonchev–Trinajstić information content (AvgIpc) is 2.34. The largest absolute Gasteiger partial charge is 0.314 e. The molecule has 0 aromatic heterocycles. The first kappa shape index (κ1) is 15.1. The van der Waals surface area contributed by atoms with Gasteiger partial charge in [-0.05, 0) is 69.4 Å². The van der Waals surface area contributed by atoms with Gasteiger partial charge in [-0.15, -0.1) is 6.58 Å². The summed E-state index contributed by atoms with van der Waals surface area (Å²) in [6.07, 6.45) is 7.95. The van der Waals surface area contributed by atoms with Crippen LogP contribution in [0.15, 0.2) is 12.2 Å². The van der Waals surface area contributed by atoms with E-state index in [2.05, 4.69) is 37.5 Å². The second-order valence-electron chi connectivity index (χ2n) is 5.44. The van der Waals surface area contributed by atoms with Gasteiger partial charge < -0.3 is 5.32 Å². The Morgan fingerprint density at radius 2 is 2.12 bits per heavy atom. The summed E-state index contributed by atoms with van der Waals surface area (Å²) >= 11 is 2.13. The highest BCUT2D eigenvalue weighted by Crippen LogP contribution is 2.27. The van der Waals surface area contributed by atoms with Crippen LogP contribution in [0.4, 0.5) is 0 Å². The lowest BCUT2D eigenvalue weighted by Gasteiger charge is -2.27. The molecule has 2 heteroatoms. The normalized spacial score (nSPS) is 19.2. The van der Waals surface area contributed by atoms with E-state index in [9.17, 15) is 0 Å². The van der Waals surface area contributed by atoms with Crippen LogP contribution in [0, 0.1) is 5.92 Å². The number of nitrogens with one attached hydrogen (secondary N) is 1. The third kappa shape index (κ3) is 7.15. The Morgan fingerprint density at radius 3 is 2.71 bits per heavy atom. The van der Waals surface area contributed by atoms with Crippen LogP contribution in [-0.4, -0.2) is 24.1 Å². The number of thioether (sulfide) groups is 1. The fraction of sp³-hybridized carbons (Fsp3) is 0.867. The van der Waals surface area contributed by atoms with E-state index in [1.54, 1.807) is 0 Å². The molecule has 1 atom stereocenters. The van der Waals surface area contributed by atoms with Crippen molar-refractivity contribution in [2.24, 2.45) is 5.92 Å². The highest BCUT2D eigenvalue weighted by atomic mass is 32.2. The van der Waals surface area contributed by atoms with Crippen molar-refractivity contribution in [3.05, 3.63) is 12.2 Å². The molecule has 17 heavy (non-hydrogen) atoms. The predicted molar refractivity (Wildman–Crippen MR) is 80.8 cm³/mol. The van der Waals surface area contributed by atoms with E-state index < -0.39 is 0 Å². The Kier molecular flexibility index (Phi) is 8.04. The molecule has 100 valence electrons. The SMILES string of the molecule is C=C(C)CCC(CC1CCSCC1)NCCC. The van der Waals surface area contributed by atoms with E-state index >= 15 is 0 Å². The first-order valence-electron chi connectivity index (χ1n) is 7.18. The van der Waals surface area contributed by atoms with Gasteiger partial charge in [0.05, 0.1) is 0 Å². The minimum absolute atomic E-state index is 0.722. The lowest BCUT2D eigenvalue weighted by molar-refractivity contribution is 0.351. The molecule has 1 unspecified atom stereocenters. The molecule has 0 aliphatic carbocycles. The smallest absolute Gasteiger partial charge is 0.00727 e. The van der Waals surface area contributed by atoms with Gasteiger partial charge in [-0.1, -0.05) is 12.5 Å². The van der Waals surface area contributed by atoms with Crippen molar-refractivity contribution in [2.45, 2.75) is 58.4 Å². The number of hydrogen-bond donors (Lipinski definition) is 1. The average molecular weight is 255 g/mol. The van der Waals surface area contributed by atoms with E-state index in [-0.39, 0.29) is 0 Å². The fourth-order valence-electron chi connectivity index (χ4n) is 2.46. The zero-order valence-electron chi connectivity index (χ0n) is 11.6. The zero-order chi connectivity index (χ0) is 12.5. The first-order chi connectivity index (χ1) is 8.22. The molecule has 0 aromatic carbocycles. The van der Waals surface area contributed by atoms with Gasteiger partial charge in [0.25, 0.3) is 0 Å². The maximum atomic E-state index is 4.02. The van der Waals surface area contributed by atoms with E-state index in [1.165, 1.54) is 62.1 Å². The van der Waals surface area contributed by atoms with Crippen LogP contribution in [0.25, 0.3) is 0 Å². The Balaban J connectivity index is 2.29. The second kappa shape index (κ2) is 9.04. The molecular weight excluding hydrogens is 226 g/mol. The van der Waals surface area contributed by atoms with Crippen LogP contribution in [-0.2, 0) is 0 Å². The van der Waals surface area contributed by atoms with Crippen molar-refractivity contribution < 1.29 is 0 Å². The summed E-state index contributed by atoms with van der Waals surface area (Å²) in [5.74, 6) is 3.73. The molecule has 0 radical (unpaired) electrons. The number of allylic oxidation sites excluding steroid dienone is 1. The molecule has 1 aliphatic heterocycles. The summed E-state index contributed by atoms with van der Waals surface area (Å²) in [5, 5.41) is 3.72. The van der Waals surface area contributed by atoms with E-state index in [0.29, 0.717) is 0 Å². The van der Waals surface area contributed by atoms with Crippen LogP contribution in [0.2, 0.25) is 0 Å². The Labute approximate surface area is 112 Å². The maximum absolute atomic E-state index is 4.02. The predicted octanol–water partition coefficient (Wildman–Crippen LogP) is 4.24. The molecule has 0 amide bonds. The molecule has 0 spiro atoms. The van der Waals surface area contributed by atoms with Gasteiger partial charge >= 0.3 is 0 Å². The first-order valence-corrected chi connectivity index (χ1v) is 8.33. The van der Waals surface area contributed by atoms with Crippen molar-refractivity contribution in [1.29, 1.82) is 0 Å². The van der Waals surface area contributed by atoms with Gasteiger partial charge in [-0.25, -0.2) is 0 Å². The van der Waals surface area contributed by atoms with Crippen LogP contribution in [0.3, 0.4) is 0 Å². The zero-order valence-corrected chi connectivity index (χ0v) is 12.5. The summed E-state index contributed by atoms with van der Waals surface area (Å²) in [6, 6.07) is 0.722. The summed E-state index contributed by atoms with van der Waals surface area (Å²) in [6.45, 7) is 9.59. The molecule has 0 aromatic rings. The molecule has 1 heterocycles. The monoisotopic (exact) mass is 255 g/mol. The number of rotatable bonds is 8. The molecule has 0 bridgehead atoms. The van der Waals surface area contributed by atoms with Crippen molar-refractivity contribution in [2.75, 3.05) is 18.1 Å². The lowest BCUT2D eigenvalue weighted by atomic mass is 9.91. The third-order valence-corrected chi connectivity index (χ3v) is 4.61. The topological polar surface area (TPSA) is 12.0 Å². The highest BCUT2D eigenvalue weighted by molar-refractivity contribution is 7.99. The second-order valence-corrected chi connectivity index (χ2v) is 6.66. The maximum Gasteiger partial charge on any atom is 0.00727 e. The fourth-order valence-corrected chi connectivity index (χ4v) is 3.66. The van der Waals surface area contributed by atoms with Gasteiger partial charge in [-0.2, -0.15) is 11.8 Å². The van der Waals surface area contributed by atoms with Crippen LogP contribution in [0.1, 0.15) is 52.4 Å². The molecule has 1 saturated heterocycles. The van der Waals surface area contributed by atoms with Gasteiger partial charge in [0.1, 0.15) is 0 Å². The van der Waals surface area contributed by atoms with Gasteiger partial charge in [0.2, 0.25) is 0 Å². The Hall–Kier alpha value is 0.0500. The molecule has 1 N–H and O–H groups in total. The van der Waals surface area contributed by atoms with E-state index in [4.69, 9.17) is 0 Å². The number of hydrogen-bond acceptors (Lipinski definition) is 2. The van der Waals surface area contributed by atoms with Gasteiger partial charge in [0, 0.05) is 6.04 Å². The minimum Gasteiger partial charge on any atom is -0.314 e. The Morgan fingerprint density at radius 1 is 1.41 bits per heavy atom. The van der Waals surface area contributed by atoms with Crippen molar-refractivity contribution in [3.63, 3.8) is 0 Å². The summed E-state index contributed by atoms with van der Waals surface area (Å²) in [7, 11) is 0. The van der Waals surface area contributed by atoms with E-state index in [0.717, 1.165) is 12.0 Å². The molecule has 1 nitrogen and oxygen atoms in total. The van der Waals surface area contributed by atoms with Gasteiger partial charge in [-0.3, -0.25) is 0 Å². The quantitative estimate of drug-likeness (QED) is 0.651. The van der Waals surface area contributed by atoms with Crippen LogP contribution >= 0.6 is 11.8 Å². The molecule has 1 fully saturated rings. The highest BCUT2D eigenvalue weighted by Gasteiger charge is 2.18. The van der Waals surface area contributed by atoms with Crippen LogP contribution in [0.5, 0.6) is 0 Å². The molecular formula is C15H29NS. The summed E-state index contributed by atoms with van der Waals surface area (Å²) < 4.78 is 0. The Bertz CT molecular complexity index is 209. The molecule has 1 rings (SSSR count). The standard InChI is InChI=1S/C15H29NS/c1-4-9-16-15(6-5-13(2)3)12-14-7-10-17-11-8-14/h14-16H,2,4-12H2,1,3H3. The van der Waals surface area contributed by atoms with Crippen molar-refractivity contribution in [3.8, 4) is 0 Å². The summed E-state index contributed by atoms with van der Waals surface area (Å²) in [4.78, 5) is 0.